The zero-order valence-electron chi connectivity index (χ0n) is 11.3. The van der Waals surface area contributed by atoms with Crippen LogP contribution in [0.25, 0.3) is 16.9 Å². The number of fused-ring (bicyclic) bond motifs is 1. The second kappa shape index (κ2) is 5.54. The number of benzene rings is 1. The highest BCUT2D eigenvalue weighted by atomic mass is 35.5. The zero-order valence-corrected chi connectivity index (χ0v) is 12.0. The van der Waals surface area contributed by atoms with Gasteiger partial charge in [0.2, 0.25) is 5.82 Å². The van der Waals surface area contributed by atoms with E-state index < -0.39 is 0 Å². The van der Waals surface area contributed by atoms with E-state index in [-0.39, 0.29) is 5.82 Å². The van der Waals surface area contributed by atoms with Gasteiger partial charge in [-0.15, -0.1) is 4.91 Å². The van der Waals surface area contributed by atoms with Crippen LogP contribution in [0, 0.1) is 4.91 Å². The normalized spacial score (nSPS) is 10.8. The second-order valence-electron chi connectivity index (χ2n) is 4.41. The van der Waals surface area contributed by atoms with Crippen molar-refractivity contribution < 1.29 is 4.74 Å². The third-order valence-corrected chi connectivity index (χ3v) is 3.31. The first kappa shape index (κ1) is 13.6. The molecule has 21 heavy (non-hydrogen) atoms. The van der Waals surface area contributed by atoms with Crippen LogP contribution in [0.3, 0.4) is 0 Å². The van der Waals surface area contributed by atoms with E-state index in [0.717, 1.165) is 11.3 Å². The molecular formula is C15H12ClN3O2. The maximum Gasteiger partial charge on any atom is 0.209 e. The van der Waals surface area contributed by atoms with E-state index in [1.165, 1.54) is 0 Å². The molecule has 5 nitrogen and oxygen atoms in total. The van der Waals surface area contributed by atoms with Crippen LogP contribution in [0.4, 0.5) is 5.82 Å². The van der Waals surface area contributed by atoms with Crippen molar-refractivity contribution in [3.05, 3.63) is 52.5 Å². The molecule has 3 aromatic rings. The molecule has 0 aliphatic carbocycles. The highest BCUT2D eigenvalue weighted by molar-refractivity contribution is 6.30. The number of ether oxygens (including phenoxy) is 1. The van der Waals surface area contributed by atoms with Crippen molar-refractivity contribution >= 4 is 23.1 Å². The number of hydrogen-bond acceptors (Lipinski definition) is 4. The summed E-state index contributed by atoms with van der Waals surface area (Å²) in [6.45, 7) is 2.53. The summed E-state index contributed by atoms with van der Waals surface area (Å²) < 4.78 is 6.98. The predicted molar refractivity (Wildman–Crippen MR) is 82.3 cm³/mol. The molecule has 0 amide bonds. The van der Waals surface area contributed by atoms with Crippen LogP contribution in [-0.2, 0) is 0 Å². The van der Waals surface area contributed by atoms with Gasteiger partial charge in [-0.2, -0.15) is 0 Å². The number of aromatic nitrogens is 2. The lowest BCUT2D eigenvalue weighted by molar-refractivity contribution is 0.340. The van der Waals surface area contributed by atoms with Crippen molar-refractivity contribution in [3.8, 4) is 17.0 Å². The molecule has 0 atom stereocenters. The summed E-state index contributed by atoms with van der Waals surface area (Å²) in [5.74, 6) is 1.00. The van der Waals surface area contributed by atoms with Gasteiger partial charge in [0.25, 0.3) is 0 Å². The maximum absolute atomic E-state index is 11.2. The lowest BCUT2D eigenvalue weighted by Crippen LogP contribution is -1.90. The third kappa shape index (κ3) is 2.48. The largest absolute Gasteiger partial charge is 0.494 e. The minimum Gasteiger partial charge on any atom is -0.494 e. The number of nitrogens with zero attached hydrogens (tertiary/aromatic N) is 3. The summed E-state index contributed by atoms with van der Waals surface area (Å²) in [5, 5.41) is 3.61. The summed E-state index contributed by atoms with van der Waals surface area (Å²) in [7, 11) is 0. The smallest absolute Gasteiger partial charge is 0.209 e. The average molecular weight is 302 g/mol. The highest BCUT2D eigenvalue weighted by Crippen LogP contribution is 2.32. The average Bonchev–Trinajstić information content (AvgIpc) is 2.86. The first-order valence-corrected chi connectivity index (χ1v) is 6.85. The van der Waals surface area contributed by atoms with Gasteiger partial charge in [-0.25, -0.2) is 4.98 Å². The van der Waals surface area contributed by atoms with Crippen LogP contribution in [0.2, 0.25) is 5.02 Å². The van der Waals surface area contributed by atoms with Gasteiger partial charge < -0.3 is 4.74 Å². The molecule has 0 saturated carbocycles. The molecule has 3 rings (SSSR count). The van der Waals surface area contributed by atoms with Crippen molar-refractivity contribution in [1.82, 2.24) is 9.38 Å². The SMILES string of the molecule is CCOc1ccc(-c2nc3ccc(Cl)cn3c2N=O)cc1. The standard InChI is InChI=1S/C15H12ClN3O2/c1-2-21-12-6-3-10(4-7-12)14-15(18-20)19-9-11(16)5-8-13(19)17-14/h3-9H,2H2,1H3. The molecule has 0 aliphatic heterocycles. The molecule has 0 aliphatic rings. The Labute approximate surface area is 126 Å². The first-order chi connectivity index (χ1) is 10.2. The van der Waals surface area contributed by atoms with E-state index in [9.17, 15) is 4.91 Å². The van der Waals surface area contributed by atoms with Gasteiger partial charge in [-0.3, -0.25) is 4.40 Å². The van der Waals surface area contributed by atoms with Crippen molar-refractivity contribution in [3.63, 3.8) is 0 Å². The van der Waals surface area contributed by atoms with Gasteiger partial charge in [0.1, 0.15) is 17.1 Å². The lowest BCUT2D eigenvalue weighted by atomic mass is 10.1. The Bertz CT molecular complexity index is 797. The van der Waals surface area contributed by atoms with Crippen molar-refractivity contribution in [1.29, 1.82) is 0 Å². The van der Waals surface area contributed by atoms with Crippen LogP contribution < -0.4 is 4.74 Å². The van der Waals surface area contributed by atoms with Gasteiger partial charge >= 0.3 is 0 Å². The Balaban J connectivity index is 2.13. The van der Waals surface area contributed by atoms with Crippen molar-refractivity contribution in [2.75, 3.05) is 6.61 Å². The third-order valence-electron chi connectivity index (χ3n) is 3.08. The number of rotatable bonds is 4. The van der Waals surface area contributed by atoms with Crippen LogP contribution >= 0.6 is 11.6 Å². The molecule has 2 aromatic heterocycles. The quantitative estimate of drug-likeness (QED) is 0.669. The summed E-state index contributed by atoms with van der Waals surface area (Å²) >= 11 is 5.95. The van der Waals surface area contributed by atoms with E-state index in [1.807, 2.05) is 31.2 Å². The molecule has 0 spiro atoms. The Kier molecular flexibility index (Phi) is 3.58. The fourth-order valence-electron chi connectivity index (χ4n) is 2.16. The van der Waals surface area contributed by atoms with Crippen LogP contribution in [0.1, 0.15) is 6.92 Å². The molecule has 0 unspecified atom stereocenters. The molecule has 1 aromatic carbocycles. The van der Waals surface area contributed by atoms with Crippen molar-refractivity contribution in [2.24, 2.45) is 5.18 Å². The Morgan fingerprint density at radius 2 is 2.00 bits per heavy atom. The van der Waals surface area contributed by atoms with Gasteiger partial charge in [-0.1, -0.05) is 11.6 Å². The number of hydrogen-bond donors (Lipinski definition) is 0. The zero-order chi connectivity index (χ0) is 14.8. The number of halogens is 1. The number of imidazole rings is 1. The minimum absolute atomic E-state index is 0.233. The van der Waals surface area contributed by atoms with Crippen LogP contribution in [0.15, 0.2) is 47.8 Å². The van der Waals surface area contributed by atoms with Gasteiger partial charge in [0.05, 0.1) is 11.6 Å². The van der Waals surface area contributed by atoms with Crippen molar-refractivity contribution in [2.45, 2.75) is 6.92 Å². The summed E-state index contributed by atoms with van der Waals surface area (Å²) in [5.41, 5.74) is 1.95. The Hall–Kier alpha value is -2.40. The van der Waals surface area contributed by atoms with E-state index in [2.05, 4.69) is 10.2 Å². The number of nitroso groups, excluding NO2 is 1. The topological polar surface area (TPSA) is 56.0 Å². The molecule has 0 saturated heterocycles. The summed E-state index contributed by atoms with van der Waals surface area (Å²) in [6, 6.07) is 10.8. The lowest BCUT2D eigenvalue weighted by Gasteiger charge is -2.03. The second-order valence-corrected chi connectivity index (χ2v) is 4.84. The molecule has 106 valence electrons. The van der Waals surface area contributed by atoms with Crippen LogP contribution in [-0.4, -0.2) is 16.0 Å². The van der Waals surface area contributed by atoms with E-state index in [0.29, 0.717) is 23.0 Å². The molecule has 0 bridgehead atoms. The molecular weight excluding hydrogens is 290 g/mol. The fourth-order valence-corrected chi connectivity index (χ4v) is 2.32. The maximum atomic E-state index is 11.2. The monoisotopic (exact) mass is 301 g/mol. The molecule has 0 fully saturated rings. The van der Waals surface area contributed by atoms with Gasteiger partial charge in [0, 0.05) is 11.8 Å². The molecule has 6 heteroatoms. The fraction of sp³-hybridized carbons (Fsp3) is 0.133. The highest BCUT2D eigenvalue weighted by Gasteiger charge is 2.15. The van der Waals surface area contributed by atoms with E-state index in [1.54, 1.807) is 22.7 Å². The summed E-state index contributed by atoms with van der Waals surface area (Å²) in [6.07, 6.45) is 1.62. The molecule has 0 radical (unpaired) electrons. The number of pyridine rings is 1. The van der Waals surface area contributed by atoms with E-state index in [4.69, 9.17) is 16.3 Å². The van der Waals surface area contributed by atoms with Crippen LogP contribution in [0.5, 0.6) is 5.75 Å². The Morgan fingerprint density at radius 1 is 1.24 bits per heavy atom. The van der Waals surface area contributed by atoms with E-state index >= 15 is 0 Å². The van der Waals surface area contributed by atoms with Gasteiger partial charge in [-0.05, 0) is 48.5 Å². The molecule has 2 heterocycles. The minimum atomic E-state index is 0.233. The molecule has 0 N–H and O–H groups in total. The summed E-state index contributed by atoms with van der Waals surface area (Å²) in [4.78, 5) is 15.6. The predicted octanol–water partition coefficient (Wildman–Crippen LogP) is 4.45. The first-order valence-electron chi connectivity index (χ1n) is 6.47. The van der Waals surface area contributed by atoms with Gasteiger partial charge in [0.15, 0.2) is 0 Å². The Morgan fingerprint density at radius 3 is 2.67 bits per heavy atom.